The Kier molecular flexibility index (Phi) is 7.66. The van der Waals surface area contributed by atoms with Crippen molar-refractivity contribution in [2.24, 2.45) is 5.73 Å². The van der Waals surface area contributed by atoms with E-state index in [4.69, 9.17) is 9.53 Å². The molecule has 1 aromatic carbocycles. The molecule has 1 aromatic heterocycles. The highest BCUT2D eigenvalue weighted by atomic mass is 79.9. The lowest BCUT2D eigenvalue weighted by molar-refractivity contribution is -0.106. The number of aryl methyl sites for hydroxylation is 1. The largest absolute Gasteiger partial charge is 0.461 e. The van der Waals surface area contributed by atoms with E-state index in [2.05, 4.69) is 39.6 Å². The lowest BCUT2D eigenvalue weighted by atomic mass is 10.0. The summed E-state index contributed by atoms with van der Waals surface area (Å²) in [6.45, 7) is 4.36. The maximum Gasteiger partial charge on any atom is 0.355 e. The normalized spacial score (nSPS) is 9.95. The van der Waals surface area contributed by atoms with Crippen molar-refractivity contribution >= 4 is 39.2 Å². The number of carbonyl (C=O) groups is 2. The van der Waals surface area contributed by atoms with Gasteiger partial charge in [-0.2, -0.15) is 0 Å². The minimum Gasteiger partial charge on any atom is -0.461 e. The van der Waals surface area contributed by atoms with Gasteiger partial charge in [-0.1, -0.05) is 29.3 Å². The third kappa shape index (κ3) is 4.59. The van der Waals surface area contributed by atoms with Gasteiger partial charge in [0.15, 0.2) is 0 Å². The highest BCUT2D eigenvalue weighted by Crippen LogP contribution is 2.27. The molecule has 0 aliphatic carbocycles. The summed E-state index contributed by atoms with van der Waals surface area (Å²) in [6, 6.07) is 6.01. The summed E-state index contributed by atoms with van der Waals surface area (Å²) in [5, 5.41) is 1.10. The molecule has 0 fully saturated rings. The first kappa shape index (κ1) is 18.2. The lowest BCUT2D eigenvalue weighted by Crippen LogP contribution is -2.07. The first-order valence-electron chi connectivity index (χ1n) is 7.21. The van der Waals surface area contributed by atoms with Crippen LogP contribution in [0.5, 0.6) is 0 Å². The highest BCUT2D eigenvalue weighted by molar-refractivity contribution is 9.10. The SMILES string of the molecule is CCCCc1c(C(=O)OCC)[nH]c2ccc(Br)cc12.NC=O. The molecule has 3 N–H and O–H groups in total. The number of amides is 1. The number of ether oxygens (including phenoxy) is 1. The van der Waals surface area contributed by atoms with E-state index >= 15 is 0 Å². The fourth-order valence-electron chi connectivity index (χ4n) is 2.21. The van der Waals surface area contributed by atoms with E-state index in [9.17, 15) is 4.79 Å². The predicted molar refractivity (Wildman–Crippen MR) is 90.8 cm³/mol. The van der Waals surface area contributed by atoms with Gasteiger partial charge in [-0.3, -0.25) is 4.79 Å². The summed E-state index contributed by atoms with van der Waals surface area (Å²) in [5.41, 5.74) is 6.82. The van der Waals surface area contributed by atoms with Crippen molar-refractivity contribution in [2.45, 2.75) is 33.1 Å². The number of esters is 1. The molecule has 5 nitrogen and oxygen atoms in total. The van der Waals surface area contributed by atoms with Crippen LogP contribution < -0.4 is 5.73 Å². The Morgan fingerprint density at radius 3 is 2.68 bits per heavy atom. The molecule has 1 heterocycles. The Hall–Kier alpha value is -1.82. The van der Waals surface area contributed by atoms with Gasteiger partial charge in [-0.25, -0.2) is 4.79 Å². The average Bonchev–Trinajstić information content (AvgIpc) is 2.84. The topological polar surface area (TPSA) is 85.2 Å². The number of primary amides is 1. The molecule has 6 heteroatoms. The number of benzene rings is 1. The van der Waals surface area contributed by atoms with Gasteiger partial charge in [0.05, 0.1) is 6.61 Å². The van der Waals surface area contributed by atoms with Gasteiger partial charge in [0.2, 0.25) is 6.41 Å². The Bertz CT molecular complexity index is 638. The van der Waals surface area contributed by atoms with Crippen LogP contribution >= 0.6 is 15.9 Å². The van der Waals surface area contributed by atoms with E-state index in [0.717, 1.165) is 40.2 Å². The first-order chi connectivity index (χ1) is 10.6. The molecule has 0 aliphatic heterocycles. The van der Waals surface area contributed by atoms with Crippen LogP contribution in [-0.2, 0) is 16.0 Å². The van der Waals surface area contributed by atoms with Crippen molar-refractivity contribution in [3.05, 3.63) is 33.9 Å². The number of hydrogen-bond donors (Lipinski definition) is 2. The molecule has 0 aliphatic rings. The summed E-state index contributed by atoms with van der Waals surface area (Å²) >= 11 is 3.48. The van der Waals surface area contributed by atoms with Crippen LogP contribution in [0, 0.1) is 0 Å². The van der Waals surface area contributed by atoms with Crippen LogP contribution in [0.15, 0.2) is 22.7 Å². The molecule has 2 rings (SSSR count). The standard InChI is InChI=1S/C15H18BrNO2.CH3NO/c1-3-5-6-11-12-9-10(16)7-8-13(12)17-14(11)15(18)19-4-2;2-1-3/h7-9,17H,3-6H2,1-2H3;1H,(H2,2,3). The van der Waals surface area contributed by atoms with Gasteiger partial charge in [-0.05, 0) is 43.5 Å². The monoisotopic (exact) mass is 368 g/mol. The quantitative estimate of drug-likeness (QED) is 0.624. The molecule has 0 saturated carbocycles. The van der Waals surface area contributed by atoms with Crippen LogP contribution in [-0.4, -0.2) is 24.0 Å². The van der Waals surface area contributed by atoms with E-state index < -0.39 is 0 Å². The third-order valence-electron chi connectivity index (χ3n) is 3.13. The number of nitrogens with two attached hydrogens (primary N) is 1. The maximum absolute atomic E-state index is 12.0. The van der Waals surface area contributed by atoms with Crippen LogP contribution in [0.3, 0.4) is 0 Å². The number of halogens is 1. The van der Waals surface area contributed by atoms with Crippen LogP contribution in [0.2, 0.25) is 0 Å². The van der Waals surface area contributed by atoms with E-state index in [1.54, 1.807) is 0 Å². The Morgan fingerprint density at radius 2 is 2.09 bits per heavy atom. The smallest absolute Gasteiger partial charge is 0.355 e. The summed E-state index contributed by atoms with van der Waals surface area (Å²) in [7, 11) is 0. The molecule has 0 spiro atoms. The Balaban J connectivity index is 0.000000745. The average molecular weight is 369 g/mol. The van der Waals surface area contributed by atoms with Crippen molar-refractivity contribution in [3.63, 3.8) is 0 Å². The van der Waals surface area contributed by atoms with Crippen molar-refractivity contribution in [3.8, 4) is 0 Å². The molecule has 22 heavy (non-hydrogen) atoms. The summed E-state index contributed by atoms with van der Waals surface area (Å²) < 4.78 is 6.15. The molecule has 0 atom stereocenters. The second-order valence-electron chi connectivity index (χ2n) is 4.63. The first-order valence-corrected chi connectivity index (χ1v) is 8.00. The van der Waals surface area contributed by atoms with Gasteiger partial charge in [0, 0.05) is 15.4 Å². The molecule has 120 valence electrons. The fourth-order valence-corrected chi connectivity index (χ4v) is 2.57. The zero-order valence-electron chi connectivity index (χ0n) is 12.8. The van der Waals surface area contributed by atoms with Crippen LogP contribution in [0.25, 0.3) is 10.9 Å². The summed E-state index contributed by atoms with van der Waals surface area (Å²) in [4.78, 5) is 23.8. The second-order valence-corrected chi connectivity index (χ2v) is 5.54. The minimum absolute atomic E-state index is 0.250. The molecule has 0 bridgehead atoms. The lowest BCUT2D eigenvalue weighted by Gasteiger charge is -2.04. The fraction of sp³-hybridized carbons (Fsp3) is 0.375. The van der Waals surface area contributed by atoms with Gasteiger partial charge in [0.25, 0.3) is 0 Å². The number of rotatable bonds is 5. The van der Waals surface area contributed by atoms with Crippen molar-refractivity contribution in [2.75, 3.05) is 6.61 Å². The molecule has 0 saturated heterocycles. The van der Waals surface area contributed by atoms with Gasteiger partial charge < -0.3 is 15.5 Å². The van der Waals surface area contributed by atoms with Gasteiger partial charge in [0.1, 0.15) is 5.69 Å². The summed E-state index contributed by atoms with van der Waals surface area (Å²) in [6.07, 6.45) is 3.30. The van der Waals surface area contributed by atoms with Crippen LogP contribution in [0.4, 0.5) is 0 Å². The second kappa shape index (κ2) is 9.25. The Labute approximate surface area is 138 Å². The molecule has 1 amide bonds. The minimum atomic E-state index is -0.263. The van der Waals surface area contributed by atoms with E-state index in [0.29, 0.717) is 12.3 Å². The molecule has 2 aromatic rings. The number of carbonyl (C=O) groups excluding carboxylic acids is 2. The molecular weight excluding hydrogens is 348 g/mol. The number of fused-ring (bicyclic) bond motifs is 1. The number of H-pyrrole nitrogens is 1. The summed E-state index contributed by atoms with van der Waals surface area (Å²) in [5.74, 6) is -0.263. The van der Waals surface area contributed by atoms with E-state index in [1.165, 1.54) is 0 Å². The van der Waals surface area contributed by atoms with Crippen molar-refractivity contribution in [1.82, 2.24) is 4.98 Å². The zero-order valence-corrected chi connectivity index (χ0v) is 14.4. The molecular formula is C16H21BrN2O3. The number of nitrogens with one attached hydrogen (secondary N) is 1. The van der Waals surface area contributed by atoms with Gasteiger partial charge in [-0.15, -0.1) is 0 Å². The van der Waals surface area contributed by atoms with E-state index in [1.807, 2.05) is 19.1 Å². The molecule has 0 unspecified atom stereocenters. The van der Waals surface area contributed by atoms with Gasteiger partial charge >= 0.3 is 5.97 Å². The highest BCUT2D eigenvalue weighted by Gasteiger charge is 2.18. The van der Waals surface area contributed by atoms with Crippen molar-refractivity contribution in [1.29, 1.82) is 0 Å². The third-order valence-corrected chi connectivity index (χ3v) is 3.62. The van der Waals surface area contributed by atoms with Crippen molar-refractivity contribution < 1.29 is 14.3 Å². The molecule has 0 radical (unpaired) electrons. The number of aromatic amines is 1. The number of aromatic nitrogens is 1. The Morgan fingerprint density at radius 1 is 1.41 bits per heavy atom. The number of unbranched alkanes of at least 4 members (excludes halogenated alkanes) is 1. The van der Waals surface area contributed by atoms with E-state index in [-0.39, 0.29) is 12.4 Å². The zero-order chi connectivity index (χ0) is 16.5. The predicted octanol–water partition coefficient (Wildman–Crippen LogP) is 3.55. The number of hydrogen-bond acceptors (Lipinski definition) is 3. The van der Waals surface area contributed by atoms with Crippen LogP contribution in [0.1, 0.15) is 42.7 Å². The maximum atomic E-state index is 12.0.